The van der Waals surface area contributed by atoms with E-state index in [4.69, 9.17) is 10.5 Å². The fourth-order valence-electron chi connectivity index (χ4n) is 2.01. The van der Waals surface area contributed by atoms with Crippen LogP contribution in [0.15, 0.2) is 18.2 Å². The van der Waals surface area contributed by atoms with Gasteiger partial charge < -0.3 is 15.8 Å². The van der Waals surface area contributed by atoms with Gasteiger partial charge in [0, 0.05) is 26.2 Å². The van der Waals surface area contributed by atoms with Gasteiger partial charge in [-0.25, -0.2) is 0 Å². The van der Waals surface area contributed by atoms with Gasteiger partial charge in [-0.3, -0.25) is 4.90 Å². The number of nitrogen functional groups attached to an aromatic ring is 1. The van der Waals surface area contributed by atoms with E-state index in [-0.39, 0.29) is 0 Å². The lowest BCUT2D eigenvalue weighted by Crippen LogP contribution is -2.39. The average Bonchev–Trinajstić information content (AvgIpc) is 2.36. The monoisotopic (exact) mass is 235 g/mol. The Labute approximate surface area is 103 Å². The highest BCUT2D eigenvalue weighted by molar-refractivity contribution is 5.69. The highest BCUT2D eigenvalue weighted by atomic mass is 16.5. The third-order valence-electron chi connectivity index (χ3n) is 3.17. The zero-order valence-corrected chi connectivity index (χ0v) is 10.4. The van der Waals surface area contributed by atoms with Crippen LogP contribution in [0.4, 0.5) is 11.4 Å². The molecule has 1 aliphatic heterocycles. The second-order valence-corrected chi connectivity index (χ2v) is 4.42. The molecule has 0 saturated carbocycles. The first kappa shape index (κ1) is 12.2. The molecule has 0 bridgehead atoms. The van der Waals surface area contributed by atoms with Crippen molar-refractivity contribution in [3.8, 4) is 0 Å². The van der Waals surface area contributed by atoms with Crippen molar-refractivity contribution < 1.29 is 4.74 Å². The summed E-state index contributed by atoms with van der Waals surface area (Å²) in [5.41, 5.74) is 9.03. The Hall–Kier alpha value is -1.26. The van der Waals surface area contributed by atoms with Crippen molar-refractivity contribution in [2.75, 3.05) is 50.4 Å². The van der Waals surface area contributed by atoms with E-state index in [1.165, 1.54) is 0 Å². The molecule has 0 aromatic heterocycles. The summed E-state index contributed by atoms with van der Waals surface area (Å²) in [6.45, 7) is 7.77. The van der Waals surface area contributed by atoms with E-state index in [0.717, 1.165) is 56.3 Å². The molecule has 2 rings (SSSR count). The van der Waals surface area contributed by atoms with Gasteiger partial charge in [-0.15, -0.1) is 0 Å². The molecule has 1 aromatic rings. The van der Waals surface area contributed by atoms with Gasteiger partial charge >= 0.3 is 0 Å². The Morgan fingerprint density at radius 2 is 2.12 bits per heavy atom. The van der Waals surface area contributed by atoms with Crippen molar-refractivity contribution in [1.29, 1.82) is 0 Å². The summed E-state index contributed by atoms with van der Waals surface area (Å²) in [6.07, 6.45) is 0. The van der Waals surface area contributed by atoms with Crippen LogP contribution >= 0.6 is 0 Å². The molecule has 1 aliphatic rings. The first-order valence-electron chi connectivity index (χ1n) is 6.16. The fraction of sp³-hybridized carbons (Fsp3) is 0.538. The molecule has 4 heteroatoms. The predicted octanol–water partition coefficient (Wildman–Crippen LogP) is 1.32. The van der Waals surface area contributed by atoms with E-state index in [2.05, 4.69) is 10.2 Å². The number of nitrogens with two attached hydrogens (primary N) is 1. The minimum atomic E-state index is 0.854. The number of benzene rings is 1. The Morgan fingerprint density at radius 1 is 1.35 bits per heavy atom. The quantitative estimate of drug-likeness (QED) is 0.773. The average molecular weight is 235 g/mol. The number of ether oxygens (including phenoxy) is 1. The molecule has 0 radical (unpaired) electrons. The van der Waals surface area contributed by atoms with Crippen molar-refractivity contribution in [3.63, 3.8) is 0 Å². The maximum absolute atomic E-state index is 6.01. The number of aryl methyl sites for hydroxylation is 1. The van der Waals surface area contributed by atoms with Crippen LogP contribution in [0.1, 0.15) is 5.56 Å². The lowest BCUT2D eigenvalue weighted by Gasteiger charge is -2.26. The Balaban J connectivity index is 1.79. The number of hydrogen-bond acceptors (Lipinski definition) is 4. The van der Waals surface area contributed by atoms with E-state index in [1.807, 2.05) is 25.1 Å². The number of nitrogens with zero attached hydrogens (tertiary/aromatic N) is 1. The predicted molar refractivity (Wildman–Crippen MR) is 71.3 cm³/mol. The van der Waals surface area contributed by atoms with E-state index in [1.54, 1.807) is 0 Å². The van der Waals surface area contributed by atoms with Crippen LogP contribution in [0.25, 0.3) is 0 Å². The standard InChI is InChI=1S/C13H21N3O/c1-11-3-2-4-12(13(11)14)15-5-6-16-7-9-17-10-8-16/h2-4,15H,5-10,14H2,1H3. The van der Waals surface area contributed by atoms with Gasteiger partial charge in [0.25, 0.3) is 0 Å². The van der Waals surface area contributed by atoms with Crippen molar-refractivity contribution >= 4 is 11.4 Å². The third kappa shape index (κ3) is 3.35. The second-order valence-electron chi connectivity index (χ2n) is 4.42. The number of anilines is 2. The molecule has 0 unspecified atom stereocenters. The first-order chi connectivity index (χ1) is 8.27. The number of rotatable bonds is 4. The molecule has 1 aromatic carbocycles. The Kier molecular flexibility index (Phi) is 4.23. The molecule has 1 heterocycles. The summed E-state index contributed by atoms with van der Waals surface area (Å²) in [6, 6.07) is 6.09. The maximum Gasteiger partial charge on any atom is 0.0594 e. The van der Waals surface area contributed by atoms with Gasteiger partial charge in [0.15, 0.2) is 0 Å². The summed E-state index contributed by atoms with van der Waals surface area (Å²) in [7, 11) is 0. The summed E-state index contributed by atoms with van der Waals surface area (Å²) in [5.74, 6) is 0. The van der Waals surface area contributed by atoms with Crippen LogP contribution in [0.3, 0.4) is 0 Å². The van der Waals surface area contributed by atoms with Gasteiger partial charge in [-0.05, 0) is 18.6 Å². The van der Waals surface area contributed by atoms with E-state index < -0.39 is 0 Å². The summed E-state index contributed by atoms with van der Waals surface area (Å²) in [4.78, 5) is 2.41. The zero-order chi connectivity index (χ0) is 12.1. The number of nitrogens with one attached hydrogen (secondary N) is 1. The number of para-hydroxylation sites is 1. The van der Waals surface area contributed by atoms with Crippen molar-refractivity contribution in [3.05, 3.63) is 23.8 Å². The van der Waals surface area contributed by atoms with Crippen LogP contribution in [0.5, 0.6) is 0 Å². The van der Waals surface area contributed by atoms with Crippen LogP contribution in [-0.4, -0.2) is 44.3 Å². The molecule has 1 saturated heterocycles. The van der Waals surface area contributed by atoms with Gasteiger partial charge in [-0.2, -0.15) is 0 Å². The molecule has 1 fully saturated rings. The van der Waals surface area contributed by atoms with E-state index >= 15 is 0 Å². The van der Waals surface area contributed by atoms with Gasteiger partial charge in [-0.1, -0.05) is 12.1 Å². The molecule has 4 nitrogen and oxygen atoms in total. The topological polar surface area (TPSA) is 50.5 Å². The SMILES string of the molecule is Cc1cccc(NCCN2CCOCC2)c1N. The summed E-state index contributed by atoms with van der Waals surface area (Å²) < 4.78 is 5.32. The van der Waals surface area contributed by atoms with Crippen molar-refractivity contribution in [2.24, 2.45) is 0 Å². The van der Waals surface area contributed by atoms with E-state index in [9.17, 15) is 0 Å². The lowest BCUT2D eigenvalue weighted by molar-refractivity contribution is 0.0398. The van der Waals surface area contributed by atoms with Crippen molar-refractivity contribution in [2.45, 2.75) is 6.92 Å². The molecule has 0 amide bonds. The Bertz CT molecular complexity index is 362. The number of hydrogen-bond donors (Lipinski definition) is 2. The molecule has 94 valence electrons. The van der Waals surface area contributed by atoms with Gasteiger partial charge in [0.05, 0.1) is 24.6 Å². The van der Waals surface area contributed by atoms with Crippen LogP contribution in [0.2, 0.25) is 0 Å². The third-order valence-corrected chi connectivity index (χ3v) is 3.17. The summed E-state index contributed by atoms with van der Waals surface area (Å²) in [5, 5.41) is 3.39. The molecule has 0 spiro atoms. The summed E-state index contributed by atoms with van der Waals surface area (Å²) >= 11 is 0. The number of morpholine rings is 1. The molecule has 17 heavy (non-hydrogen) atoms. The highest BCUT2D eigenvalue weighted by Gasteiger charge is 2.09. The minimum absolute atomic E-state index is 0.854. The Morgan fingerprint density at radius 3 is 2.88 bits per heavy atom. The van der Waals surface area contributed by atoms with Gasteiger partial charge in [0.2, 0.25) is 0 Å². The molecule has 3 N–H and O–H groups in total. The van der Waals surface area contributed by atoms with Crippen LogP contribution < -0.4 is 11.1 Å². The smallest absolute Gasteiger partial charge is 0.0594 e. The first-order valence-corrected chi connectivity index (χ1v) is 6.16. The minimum Gasteiger partial charge on any atom is -0.397 e. The highest BCUT2D eigenvalue weighted by Crippen LogP contribution is 2.21. The lowest BCUT2D eigenvalue weighted by atomic mass is 10.2. The molecular formula is C13H21N3O. The van der Waals surface area contributed by atoms with Crippen LogP contribution in [0, 0.1) is 6.92 Å². The fourth-order valence-corrected chi connectivity index (χ4v) is 2.01. The normalized spacial score (nSPS) is 17.0. The maximum atomic E-state index is 6.01. The van der Waals surface area contributed by atoms with Crippen LogP contribution in [-0.2, 0) is 4.74 Å². The molecular weight excluding hydrogens is 214 g/mol. The molecule has 0 aliphatic carbocycles. The van der Waals surface area contributed by atoms with Gasteiger partial charge in [0.1, 0.15) is 0 Å². The second kappa shape index (κ2) is 5.89. The zero-order valence-electron chi connectivity index (χ0n) is 10.4. The van der Waals surface area contributed by atoms with Crippen molar-refractivity contribution in [1.82, 2.24) is 4.90 Å². The molecule has 0 atom stereocenters. The largest absolute Gasteiger partial charge is 0.397 e. The van der Waals surface area contributed by atoms with E-state index in [0.29, 0.717) is 0 Å².